The Bertz CT molecular complexity index is 826. The van der Waals surface area contributed by atoms with Crippen LogP contribution in [0.2, 0.25) is 0 Å². The number of carboxylic acid groups (broad SMARTS) is 1. The minimum absolute atomic E-state index is 0.183. The van der Waals surface area contributed by atoms with Crippen LogP contribution >= 0.6 is 43.2 Å². The molecule has 2 atom stereocenters. The molecule has 3 rings (SSSR count). The molecule has 0 aliphatic carbocycles. The fourth-order valence-electron chi connectivity index (χ4n) is 3.58. The van der Waals surface area contributed by atoms with Gasteiger partial charge in [0, 0.05) is 9.35 Å². The second-order valence-electron chi connectivity index (χ2n) is 6.36. The minimum Gasteiger partial charge on any atom is -0.493 e. The molecule has 1 saturated heterocycles. The second kappa shape index (κ2) is 8.94. The van der Waals surface area contributed by atoms with Crippen LogP contribution in [0.4, 0.5) is 0 Å². The number of benzene rings is 1. The smallest absolute Gasteiger partial charge is 0.320 e. The van der Waals surface area contributed by atoms with Crippen LogP contribution in [0.25, 0.3) is 0 Å². The highest BCUT2D eigenvalue weighted by Crippen LogP contribution is 2.44. The SMILES string of the molecule is COc1cc(Br)c(C(c2ccc(Br)s2)N2CCCCC2C(=O)O)cc1OC. The maximum Gasteiger partial charge on any atom is 0.320 e. The molecule has 1 aliphatic rings. The molecule has 0 radical (unpaired) electrons. The first-order valence-corrected chi connectivity index (χ1v) is 11.0. The Morgan fingerprint density at radius 1 is 1.22 bits per heavy atom. The van der Waals surface area contributed by atoms with Gasteiger partial charge in [-0.05, 0) is 65.1 Å². The summed E-state index contributed by atoms with van der Waals surface area (Å²) in [5.74, 6) is 0.486. The van der Waals surface area contributed by atoms with Crippen molar-refractivity contribution in [3.63, 3.8) is 0 Å². The van der Waals surface area contributed by atoms with E-state index in [-0.39, 0.29) is 6.04 Å². The van der Waals surface area contributed by atoms with E-state index in [1.807, 2.05) is 18.2 Å². The predicted octanol–water partition coefficient (Wildman–Crippen LogP) is 5.32. The number of rotatable bonds is 6. The number of carbonyl (C=O) groups is 1. The van der Waals surface area contributed by atoms with Crippen molar-refractivity contribution in [1.29, 1.82) is 0 Å². The van der Waals surface area contributed by atoms with Crippen molar-refractivity contribution in [1.82, 2.24) is 4.90 Å². The lowest BCUT2D eigenvalue weighted by Gasteiger charge is -2.39. The fourth-order valence-corrected chi connectivity index (χ4v) is 5.68. The van der Waals surface area contributed by atoms with Crippen LogP contribution in [-0.4, -0.2) is 42.8 Å². The van der Waals surface area contributed by atoms with E-state index in [0.717, 1.165) is 38.1 Å². The van der Waals surface area contributed by atoms with Gasteiger partial charge in [-0.15, -0.1) is 11.3 Å². The molecular weight excluding hydrogens is 498 g/mol. The van der Waals surface area contributed by atoms with E-state index >= 15 is 0 Å². The molecule has 2 aromatic rings. The van der Waals surface area contributed by atoms with Crippen LogP contribution in [0.1, 0.15) is 35.7 Å². The first-order chi connectivity index (χ1) is 13.0. The van der Waals surface area contributed by atoms with Crippen molar-refractivity contribution in [2.24, 2.45) is 0 Å². The van der Waals surface area contributed by atoms with E-state index < -0.39 is 12.0 Å². The molecule has 2 heterocycles. The lowest BCUT2D eigenvalue weighted by atomic mass is 9.95. The number of hydrogen-bond acceptors (Lipinski definition) is 5. The summed E-state index contributed by atoms with van der Waals surface area (Å²) < 4.78 is 12.8. The number of methoxy groups -OCH3 is 2. The molecule has 0 amide bonds. The molecule has 0 spiro atoms. The molecule has 0 saturated carbocycles. The van der Waals surface area contributed by atoms with Gasteiger partial charge in [-0.2, -0.15) is 0 Å². The largest absolute Gasteiger partial charge is 0.493 e. The number of thiophene rings is 1. The van der Waals surface area contributed by atoms with Crippen molar-refractivity contribution < 1.29 is 19.4 Å². The zero-order valence-corrected chi connectivity index (χ0v) is 19.1. The minimum atomic E-state index is -0.771. The Kier molecular flexibility index (Phi) is 6.83. The molecule has 1 fully saturated rings. The van der Waals surface area contributed by atoms with Gasteiger partial charge in [-0.1, -0.05) is 22.4 Å². The van der Waals surface area contributed by atoms with Gasteiger partial charge in [-0.3, -0.25) is 9.69 Å². The van der Waals surface area contributed by atoms with E-state index in [1.54, 1.807) is 25.6 Å². The lowest BCUT2D eigenvalue weighted by Crippen LogP contribution is -2.46. The number of halogens is 2. The molecule has 1 aromatic carbocycles. The molecule has 1 aromatic heterocycles. The van der Waals surface area contributed by atoms with E-state index in [1.165, 1.54) is 0 Å². The van der Waals surface area contributed by atoms with Crippen LogP contribution in [0, 0.1) is 0 Å². The summed E-state index contributed by atoms with van der Waals surface area (Å²) in [5, 5.41) is 9.80. The monoisotopic (exact) mass is 517 g/mol. The third kappa shape index (κ3) is 4.34. The van der Waals surface area contributed by atoms with Crippen molar-refractivity contribution in [3.8, 4) is 11.5 Å². The number of ether oxygens (including phenoxy) is 2. The van der Waals surface area contributed by atoms with E-state index in [0.29, 0.717) is 17.9 Å². The van der Waals surface area contributed by atoms with Gasteiger partial charge in [0.1, 0.15) is 6.04 Å². The average molecular weight is 519 g/mol. The highest BCUT2D eigenvalue weighted by molar-refractivity contribution is 9.11. The highest BCUT2D eigenvalue weighted by atomic mass is 79.9. The van der Waals surface area contributed by atoms with Gasteiger partial charge in [0.25, 0.3) is 0 Å². The van der Waals surface area contributed by atoms with E-state index in [4.69, 9.17) is 9.47 Å². The first kappa shape index (κ1) is 20.6. The number of hydrogen-bond donors (Lipinski definition) is 1. The summed E-state index contributed by atoms with van der Waals surface area (Å²) in [5.41, 5.74) is 0.968. The van der Waals surface area contributed by atoms with Crippen molar-refractivity contribution >= 4 is 49.2 Å². The maximum atomic E-state index is 11.9. The molecule has 146 valence electrons. The highest BCUT2D eigenvalue weighted by Gasteiger charge is 2.37. The summed E-state index contributed by atoms with van der Waals surface area (Å²) >= 11 is 8.82. The third-order valence-corrected chi connectivity index (χ3v) is 7.18. The van der Waals surface area contributed by atoms with Crippen LogP contribution < -0.4 is 9.47 Å². The predicted molar refractivity (Wildman–Crippen MR) is 113 cm³/mol. The summed E-state index contributed by atoms with van der Waals surface area (Å²) in [4.78, 5) is 15.1. The molecule has 1 N–H and O–H groups in total. The maximum absolute atomic E-state index is 11.9. The number of likely N-dealkylation sites (tertiary alicyclic amines) is 1. The normalized spacial score (nSPS) is 18.9. The molecule has 27 heavy (non-hydrogen) atoms. The zero-order valence-electron chi connectivity index (χ0n) is 15.1. The standard InChI is InChI=1S/C19H21Br2NO4S/c1-25-14-9-11(12(20)10-15(14)26-2)18(16-6-7-17(21)27-16)22-8-4-3-5-13(22)19(23)24/h6-7,9-10,13,18H,3-5,8H2,1-2H3,(H,23,24). The Balaban J connectivity index is 2.15. The number of piperidine rings is 1. The van der Waals surface area contributed by atoms with Crippen molar-refractivity contribution in [2.45, 2.75) is 31.3 Å². The third-order valence-electron chi connectivity index (χ3n) is 4.82. The Morgan fingerprint density at radius 3 is 2.52 bits per heavy atom. The van der Waals surface area contributed by atoms with Crippen molar-refractivity contribution in [3.05, 3.63) is 43.0 Å². The summed E-state index contributed by atoms with van der Waals surface area (Å²) in [6, 6.07) is 7.18. The number of aliphatic carboxylic acids is 1. The van der Waals surface area contributed by atoms with Crippen molar-refractivity contribution in [2.75, 3.05) is 20.8 Å². The summed E-state index contributed by atoms with van der Waals surface area (Å²) in [7, 11) is 3.20. The van der Waals surface area contributed by atoms with Gasteiger partial charge in [0.05, 0.1) is 24.0 Å². The van der Waals surface area contributed by atoms with E-state index in [2.05, 4.69) is 42.8 Å². The second-order valence-corrected chi connectivity index (χ2v) is 9.71. The number of nitrogens with zero attached hydrogens (tertiary/aromatic N) is 1. The number of carboxylic acids is 1. The quantitative estimate of drug-likeness (QED) is 0.560. The molecule has 0 bridgehead atoms. The molecule has 2 unspecified atom stereocenters. The van der Waals surface area contributed by atoms with Gasteiger partial charge < -0.3 is 14.6 Å². The summed E-state index contributed by atoms with van der Waals surface area (Å²) in [6.07, 6.45) is 2.57. The first-order valence-electron chi connectivity index (χ1n) is 8.61. The van der Waals surface area contributed by atoms with Crippen LogP contribution in [0.3, 0.4) is 0 Å². The fraction of sp³-hybridized carbons (Fsp3) is 0.421. The Morgan fingerprint density at radius 2 is 1.93 bits per heavy atom. The Labute approximate surface area is 179 Å². The average Bonchev–Trinajstić information content (AvgIpc) is 3.09. The molecule has 1 aliphatic heterocycles. The molecular formula is C19H21Br2NO4S. The summed E-state index contributed by atoms with van der Waals surface area (Å²) in [6.45, 7) is 0.734. The van der Waals surface area contributed by atoms with Gasteiger partial charge in [-0.25, -0.2) is 0 Å². The van der Waals surface area contributed by atoms with Gasteiger partial charge in [0.2, 0.25) is 0 Å². The Hall–Kier alpha value is -1.09. The van der Waals surface area contributed by atoms with Gasteiger partial charge in [0.15, 0.2) is 11.5 Å². The molecule has 8 heteroatoms. The van der Waals surface area contributed by atoms with Crippen LogP contribution in [0.5, 0.6) is 11.5 Å². The van der Waals surface area contributed by atoms with Gasteiger partial charge >= 0.3 is 5.97 Å². The molecule has 5 nitrogen and oxygen atoms in total. The van der Waals surface area contributed by atoms with Crippen LogP contribution in [-0.2, 0) is 4.79 Å². The van der Waals surface area contributed by atoms with E-state index in [9.17, 15) is 9.90 Å². The lowest BCUT2D eigenvalue weighted by molar-refractivity contribution is -0.145. The van der Waals surface area contributed by atoms with Crippen LogP contribution in [0.15, 0.2) is 32.5 Å². The zero-order chi connectivity index (χ0) is 19.6. The topological polar surface area (TPSA) is 59.0 Å².